The maximum atomic E-state index is 12.4. The highest BCUT2D eigenvalue weighted by Gasteiger charge is 2.36. The highest BCUT2D eigenvalue weighted by atomic mass is 79.9. The Kier molecular flexibility index (Phi) is 6.21. The molecule has 28 heavy (non-hydrogen) atoms. The molecule has 146 valence electrons. The molecule has 2 aromatic carbocycles. The molecule has 7 nitrogen and oxygen atoms in total. The van der Waals surface area contributed by atoms with Crippen molar-refractivity contribution in [2.45, 2.75) is 6.42 Å². The van der Waals surface area contributed by atoms with Crippen molar-refractivity contribution in [3.8, 4) is 5.75 Å². The fourth-order valence-electron chi connectivity index (χ4n) is 2.88. The minimum Gasteiger partial charge on any atom is -0.495 e. The highest BCUT2D eigenvalue weighted by molar-refractivity contribution is 9.10. The number of amides is 3. The van der Waals surface area contributed by atoms with Crippen LogP contribution < -0.4 is 20.5 Å². The molecule has 0 aliphatic carbocycles. The van der Waals surface area contributed by atoms with Crippen molar-refractivity contribution >= 4 is 50.9 Å². The van der Waals surface area contributed by atoms with Gasteiger partial charge in [0.15, 0.2) is 0 Å². The zero-order valence-electron chi connectivity index (χ0n) is 14.9. The van der Waals surface area contributed by atoms with Crippen LogP contribution in [0.15, 0.2) is 46.9 Å². The van der Waals surface area contributed by atoms with Crippen LogP contribution in [0.5, 0.6) is 5.75 Å². The molecule has 0 unspecified atom stereocenters. The molecule has 3 amide bonds. The number of ether oxygens (including phenoxy) is 1. The SMILES string of the molecule is COc1ccc(Cl)cc1N1C[C@H](C(=O)NNC(=O)c2ccc(Br)cc2)CC1=O. The van der Waals surface area contributed by atoms with Crippen molar-refractivity contribution in [2.24, 2.45) is 5.92 Å². The predicted molar refractivity (Wildman–Crippen MR) is 108 cm³/mol. The molecule has 0 saturated carbocycles. The van der Waals surface area contributed by atoms with E-state index in [1.807, 2.05) is 0 Å². The Morgan fingerprint density at radius 3 is 2.57 bits per heavy atom. The van der Waals surface area contributed by atoms with Crippen LogP contribution in [0.4, 0.5) is 5.69 Å². The minimum atomic E-state index is -0.610. The molecule has 1 atom stereocenters. The molecule has 2 aromatic rings. The van der Waals surface area contributed by atoms with Crippen LogP contribution in [0.3, 0.4) is 0 Å². The molecule has 0 bridgehead atoms. The van der Waals surface area contributed by atoms with E-state index < -0.39 is 17.7 Å². The van der Waals surface area contributed by atoms with Crippen LogP contribution in [0.1, 0.15) is 16.8 Å². The second-order valence-corrected chi connectivity index (χ2v) is 7.52. The number of nitrogens with zero attached hydrogens (tertiary/aromatic N) is 1. The number of hydrogen-bond acceptors (Lipinski definition) is 4. The van der Waals surface area contributed by atoms with Crippen LogP contribution in [0.2, 0.25) is 5.02 Å². The Labute approximate surface area is 175 Å². The Balaban J connectivity index is 1.63. The average molecular weight is 467 g/mol. The third-order valence-corrected chi connectivity index (χ3v) is 5.10. The van der Waals surface area contributed by atoms with Crippen molar-refractivity contribution in [2.75, 3.05) is 18.6 Å². The molecule has 1 aliphatic heterocycles. The van der Waals surface area contributed by atoms with Crippen LogP contribution in [0.25, 0.3) is 0 Å². The van der Waals surface area contributed by atoms with Crippen molar-refractivity contribution < 1.29 is 19.1 Å². The number of carbonyl (C=O) groups is 3. The molecule has 9 heteroatoms. The van der Waals surface area contributed by atoms with Gasteiger partial charge in [0.2, 0.25) is 11.8 Å². The van der Waals surface area contributed by atoms with Crippen LogP contribution >= 0.6 is 27.5 Å². The molecule has 1 fully saturated rings. The normalized spacial score (nSPS) is 16.0. The lowest BCUT2D eigenvalue weighted by molar-refractivity contribution is -0.126. The first-order valence-electron chi connectivity index (χ1n) is 8.38. The molecular weight excluding hydrogens is 450 g/mol. The van der Waals surface area contributed by atoms with Crippen molar-refractivity contribution in [1.82, 2.24) is 10.9 Å². The summed E-state index contributed by atoms with van der Waals surface area (Å²) in [6.07, 6.45) is 0.0235. The largest absolute Gasteiger partial charge is 0.495 e. The zero-order chi connectivity index (χ0) is 20.3. The summed E-state index contributed by atoms with van der Waals surface area (Å²) < 4.78 is 6.12. The van der Waals surface area contributed by atoms with Gasteiger partial charge in [0.05, 0.1) is 18.7 Å². The molecule has 1 aliphatic rings. The number of anilines is 1. The van der Waals surface area contributed by atoms with E-state index in [0.717, 1.165) is 4.47 Å². The van der Waals surface area contributed by atoms with Gasteiger partial charge in [-0.05, 0) is 42.5 Å². The third-order valence-electron chi connectivity index (χ3n) is 4.33. The Hall–Kier alpha value is -2.58. The lowest BCUT2D eigenvalue weighted by atomic mass is 10.1. The second-order valence-electron chi connectivity index (χ2n) is 6.17. The topological polar surface area (TPSA) is 87.7 Å². The van der Waals surface area contributed by atoms with E-state index in [0.29, 0.717) is 22.0 Å². The summed E-state index contributed by atoms with van der Waals surface area (Å²) in [6.45, 7) is 0.162. The van der Waals surface area contributed by atoms with Crippen molar-refractivity contribution in [3.05, 3.63) is 57.5 Å². The van der Waals surface area contributed by atoms with Gasteiger partial charge in [0, 0.05) is 28.0 Å². The van der Waals surface area contributed by atoms with E-state index in [1.165, 1.54) is 12.0 Å². The molecule has 0 aromatic heterocycles. The van der Waals surface area contributed by atoms with E-state index in [2.05, 4.69) is 26.8 Å². The lowest BCUT2D eigenvalue weighted by Gasteiger charge is -2.20. The van der Waals surface area contributed by atoms with Gasteiger partial charge in [0.1, 0.15) is 5.75 Å². The summed E-state index contributed by atoms with van der Waals surface area (Å²) in [5, 5.41) is 0.457. The van der Waals surface area contributed by atoms with Crippen molar-refractivity contribution in [3.63, 3.8) is 0 Å². The van der Waals surface area contributed by atoms with Gasteiger partial charge in [-0.25, -0.2) is 0 Å². The molecule has 0 spiro atoms. The second kappa shape index (κ2) is 8.62. The molecule has 3 rings (SSSR count). The molecular formula is C19H17BrClN3O4. The monoisotopic (exact) mass is 465 g/mol. The standard InChI is InChI=1S/C19H17BrClN3O4/c1-28-16-7-6-14(21)9-15(16)24-10-12(8-17(24)25)19(27)23-22-18(26)11-2-4-13(20)5-3-11/h2-7,9,12H,8,10H2,1H3,(H,22,26)(H,23,27)/t12-/m1/s1. The fourth-order valence-corrected chi connectivity index (χ4v) is 3.31. The van der Waals surface area contributed by atoms with Gasteiger partial charge in [-0.15, -0.1) is 0 Å². The first-order chi connectivity index (χ1) is 13.4. The molecule has 1 saturated heterocycles. The highest BCUT2D eigenvalue weighted by Crippen LogP contribution is 2.35. The van der Waals surface area contributed by atoms with Crippen molar-refractivity contribution in [1.29, 1.82) is 0 Å². The Bertz CT molecular complexity index is 920. The smallest absolute Gasteiger partial charge is 0.269 e. The van der Waals surface area contributed by atoms with Gasteiger partial charge in [0.25, 0.3) is 5.91 Å². The van der Waals surface area contributed by atoms with Crippen LogP contribution in [-0.2, 0) is 9.59 Å². The van der Waals surface area contributed by atoms with Gasteiger partial charge in [-0.1, -0.05) is 27.5 Å². The number of nitrogens with one attached hydrogen (secondary N) is 2. The molecule has 1 heterocycles. The average Bonchev–Trinajstić information content (AvgIpc) is 3.08. The fraction of sp³-hybridized carbons (Fsp3) is 0.211. The van der Waals surface area contributed by atoms with Crippen LogP contribution in [-0.4, -0.2) is 31.4 Å². The summed E-state index contributed by atoms with van der Waals surface area (Å²) in [5.74, 6) is -1.23. The maximum Gasteiger partial charge on any atom is 0.269 e. The van der Waals surface area contributed by atoms with E-state index in [1.54, 1.807) is 42.5 Å². The number of halogens is 2. The quantitative estimate of drug-likeness (QED) is 0.678. The number of carbonyl (C=O) groups excluding carboxylic acids is 3. The van der Waals surface area contributed by atoms with E-state index in [-0.39, 0.29) is 18.9 Å². The zero-order valence-corrected chi connectivity index (χ0v) is 17.2. The first kappa shape index (κ1) is 20.2. The van der Waals surface area contributed by atoms with Gasteiger partial charge in [-0.3, -0.25) is 25.2 Å². The summed E-state index contributed by atoms with van der Waals surface area (Å²) in [7, 11) is 1.50. The van der Waals surface area contributed by atoms with E-state index >= 15 is 0 Å². The number of methoxy groups -OCH3 is 1. The Morgan fingerprint density at radius 2 is 1.89 bits per heavy atom. The van der Waals surface area contributed by atoms with Gasteiger partial charge in [-0.2, -0.15) is 0 Å². The lowest BCUT2D eigenvalue weighted by Crippen LogP contribution is -2.45. The summed E-state index contributed by atoms with van der Waals surface area (Å²) >= 11 is 9.32. The van der Waals surface area contributed by atoms with E-state index in [9.17, 15) is 14.4 Å². The summed E-state index contributed by atoms with van der Waals surface area (Å²) in [5.41, 5.74) is 5.66. The summed E-state index contributed by atoms with van der Waals surface area (Å²) in [6, 6.07) is 11.6. The number of hydrazine groups is 1. The third kappa shape index (κ3) is 4.45. The first-order valence-corrected chi connectivity index (χ1v) is 9.56. The number of hydrogen-bond donors (Lipinski definition) is 2. The number of rotatable bonds is 4. The maximum absolute atomic E-state index is 12.4. The van der Waals surface area contributed by atoms with Gasteiger partial charge >= 0.3 is 0 Å². The van der Waals surface area contributed by atoms with Crippen LogP contribution in [0, 0.1) is 5.92 Å². The predicted octanol–water partition coefficient (Wildman–Crippen LogP) is 2.93. The Morgan fingerprint density at radius 1 is 1.18 bits per heavy atom. The number of benzene rings is 2. The summed E-state index contributed by atoms with van der Waals surface area (Å²) in [4.78, 5) is 38.4. The molecule has 2 N–H and O–H groups in total. The molecule has 0 radical (unpaired) electrons. The van der Waals surface area contributed by atoms with E-state index in [4.69, 9.17) is 16.3 Å². The van der Waals surface area contributed by atoms with Gasteiger partial charge < -0.3 is 9.64 Å². The minimum absolute atomic E-state index is 0.0235.